The third-order valence-corrected chi connectivity index (χ3v) is 7.13. The molecule has 0 aliphatic carbocycles. The van der Waals surface area contributed by atoms with Gasteiger partial charge in [0.1, 0.15) is 0 Å². The van der Waals surface area contributed by atoms with E-state index in [-0.39, 0.29) is 15.6 Å². The molecule has 0 radical (unpaired) electrons. The standard InChI is InChI=1S/C16H8Cl2F3N3O3S2/c17-9-2-4-10(5-3-9)29(26,27)15-13(23-24-28-15)14(25)22-12-6-1-8(7-11(12)18)16(19,20)21/h1-7H,(H,22,25). The van der Waals surface area contributed by atoms with Crippen molar-refractivity contribution in [1.29, 1.82) is 0 Å². The summed E-state index contributed by atoms with van der Waals surface area (Å²) >= 11 is 12.0. The monoisotopic (exact) mass is 481 g/mol. The van der Waals surface area contributed by atoms with Gasteiger partial charge in [-0.05, 0) is 42.5 Å². The molecule has 0 saturated carbocycles. The van der Waals surface area contributed by atoms with Gasteiger partial charge in [0.05, 0.1) is 21.2 Å². The fourth-order valence-corrected chi connectivity index (χ4v) is 4.84. The average Bonchev–Trinajstić information content (AvgIpc) is 3.13. The molecule has 0 fully saturated rings. The first kappa shape index (κ1) is 21.5. The van der Waals surface area contributed by atoms with Crippen molar-refractivity contribution in [3.8, 4) is 0 Å². The molecule has 152 valence electrons. The van der Waals surface area contributed by atoms with E-state index in [1.54, 1.807) is 0 Å². The third kappa shape index (κ3) is 4.53. The van der Waals surface area contributed by atoms with Gasteiger partial charge in [-0.25, -0.2) is 8.42 Å². The van der Waals surface area contributed by atoms with Crippen LogP contribution in [0.1, 0.15) is 16.1 Å². The third-order valence-electron chi connectivity index (χ3n) is 3.59. The molecule has 0 saturated heterocycles. The Morgan fingerprint density at radius 2 is 1.72 bits per heavy atom. The van der Waals surface area contributed by atoms with Crippen molar-refractivity contribution in [3.63, 3.8) is 0 Å². The minimum atomic E-state index is -4.61. The molecular formula is C16H8Cl2F3N3O3S2. The quantitative estimate of drug-likeness (QED) is 0.569. The van der Waals surface area contributed by atoms with Crippen molar-refractivity contribution in [2.45, 2.75) is 15.3 Å². The molecule has 2 aromatic carbocycles. The highest BCUT2D eigenvalue weighted by Gasteiger charge is 2.32. The highest BCUT2D eigenvalue weighted by atomic mass is 35.5. The summed E-state index contributed by atoms with van der Waals surface area (Å²) in [6, 6.07) is 7.57. The minimum absolute atomic E-state index is 0.130. The predicted octanol–water partition coefficient (Wildman–Crippen LogP) is 4.95. The number of carbonyl (C=O) groups excluding carboxylic acids is 1. The Morgan fingerprint density at radius 3 is 2.31 bits per heavy atom. The van der Waals surface area contributed by atoms with Gasteiger partial charge in [0.15, 0.2) is 9.90 Å². The molecule has 3 aromatic rings. The number of nitrogens with one attached hydrogen (secondary N) is 1. The Morgan fingerprint density at radius 1 is 1.07 bits per heavy atom. The maximum atomic E-state index is 12.8. The van der Waals surface area contributed by atoms with Crippen LogP contribution >= 0.6 is 34.7 Å². The summed E-state index contributed by atoms with van der Waals surface area (Å²) in [5, 5.41) is 5.73. The lowest BCUT2D eigenvalue weighted by molar-refractivity contribution is -0.137. The van der Waals surface area contributed by atoms with Gasteiger partial charge in [-0.15, -0.1) is 5.10 Å². The average molecular weight is 482 g/mol. The van der Waals surface area contributed by atoms with Crippen LogP contribution in [0.5, 0.6) is 0 Å². The molecule has 29 heavy (non-hydrogen) atoms. The van der Waals surface area contributed by atoms with Crippen molar-refractivity contribution < 1.29 is 26.4 Å². The van der Waals surface area contributed by atoms with Crippen molar-refractivity contribution in [2.24, 2.45) is 0 Å². The number of nitrogens with zero attached hydrogens (tertiary/aromatic N) is 2. The number of aromatic nitrogens is 2. The smallest absolute Gasteiger partial charge is 0.319 e. The molecule has 0 bridgehead atoms. The summed E-state index contributed by atoms with van der Waals surface area (Å²) in [4.78, 5) is 12.4. The van der Waals surface area contributed by atoms with Crippen LogP contribution in [0, 0.1) is 0 Å². The molecule has 0 atom stereocenters. The Bertz CT molecular complexity index is 1180. The zero-order valence-electron chi connectivity index (χ0n) is 13.9. The molecule has 1 aromatic heterocycles. The first-order valence-corrected chi connectivity index (χ1v) is 10.5. The molecule has 1 amide bonds. The van der Waals surface area contributed by atoms with Gasteiger partial charge in [0.2, 0.25) is 9.84 Å². The molecule has 0 unspecified atom stereocenters. The topological polar surface area (TPSA) is 89.0 Å². The maximum absolute atomic E-state index is 12.8. The molecule has 0 aliphatic heterocycles. The molecule has 3 rings (SSSR count). The van der Waals surface area contributed by atoms with E-state index >= 15 is 0 Å². The van der Waals surface area contributed by atoms with Gasteiger partial charge in [-0.1, -0.05) is 27.7 Å². The first-order valence-electron chi connectivity index (χ1n) is 7.51. The van der Waals surface area contributed by atoms with Gasteiger partial charge < -0.3 is 5.32 Å². The number of hydrogen-bond acceptors (Lipinski definition) is 6. The first-order chi connectivity index (χ1) is 13.5. The SMILES string of the molecule is O=C(Nc1ccc(C(F)(F)F)cc1Cl)c1nnsc1S(=O)(=O)c1ccc(Cl)cc1. The van der Waals surface area contributed by atoms with Crippen LogP contribution in [0.2, 0.25) is 10.0 Å². The fraction of sp³-hybridized carbons (Fsp3) is 0.0625. The Kier molecular flexibility index (Phi) is 5.86. The number of alkyl halides is 3. The largest absolute Gasteiger partial charge is 0.416 e. The van der Waals surface area contributed by atoms with E-state index in [0.29, 0.717) is 22.6 Å². The lowest BCUT2D eigenvalue weighted by Gasteiger charge is -2.11. The van der Waals surface area contributed by atoms with Gasteiger partial charge in [-0.2, -0.15) is 13.2 Å². The lowest BCUT2D eigenvalue weighted by Crippen LogP contribution is -2.17. The highest BCUT2D eigenvalue weighted by Crippen LogP contribution is 2.34. The number of hydrogen-bond donors (Lipinski definition) is 1. The van der Waals surface area contributed by atoms with Crippen LogP contribution in [0.3, 0.4) is 0 Å². The van der Waals surface area contributed by atoms with E-state index in [9.17, 15) is 26.4 Å². The van der Waals surface area contributed by atoms with Crippen LogP contribution in [0.25, 0.3) is 0 Å². The van der Waals surface area contributed by atoms with Gasteiger partial charge in [-0.3, -0.25) is 4.79 Å². The van der Waals surface area contributed by atoms with Crippen LogP contribution in [-0.2, 0) is 16.0 Å². The second-order valence-electron chi connectivity index (χ2n) is 5.51. The fourth-order valence-electron chi connectivity index (χ4n) is 2.19. The van der Waals surface area contributed by atoms with E-state index in [2.05, 4.69) is 14.9 Å². The second kappa shape index (κ2) is 7.90. The summed E-state index contributed by atoms with van der Waals surface area (Å²) in [5.74, 6) is -0.993. The van der Waals surface area contributed by atoms with Crippen LogP contribution < -0.4 is 5.32 Å². The Hall–Kier alpha value is -2.21. The minimum Gasteiger partial charge on any atom is -0.319 e. The number of sulfone groups is 1. The molecule has 1 heterocycles. The van der Waals surface area contributed by atoms with Crippen molar-refractivity contribution in [3.05, 3.63) is 63.8 Å². The number of anilines is 1. The normalized spacial score (nSPS) is 12.0. The summed E-state index contributed by atoms with van der Waals surface area (Å²) in [7, 11) is -4.12. The zero-order valence-corrected chi connectivity index (χ0v) is 17.0. The zero-order chi connectivity index (χ0) is 21.4. The van der Waals surface area contributed by atoms with Crippen LogP contribution in [-0.4, -0.2) is 23.9 Å². The molecule has 13 heteroatoms. The number of carbonyl (C=O) groups is 1. The molecule has 6 nitrogen and oxygen atoms in total. The molecule has 0 aliphatic rings. The number of amides is 1. The molecule has 0 spiro atoms. The summed E-state index contributed by atoms with van der Waals surface area (Å²) in [6.45, 7) is 0. The van der Waals surface area contributed by atoms with Gasteiger partial charge in [0, 0.05) is 16.6 Å². The number of benzene rings is 2. The molecule has 1 N–H and O–H groups in total. The number of rotatable bonds is 4. The second-order valence-corrected chi connectivity index (χ2v) is 9.26. The predicted molar refractivity (Wildman–Crippen MR) is 101 cm³/mol. The van der Waals surface area contributed by atoms with E-state index in [0.717, 1.165) is 12.1 Å². The van der Waals surface area contributed by atoms with Gasteiger partial charge in [0.25, 0.3) is 5.91 Å². The van der Waals surface area contributed by atoms with E-state index in [1.165, 1.54) is 24.3 Å². The molecular weight excluding hydrogens is 474 g/mol. The van der Waals surface area contributed by atoms with Crippen molar-refractivity contribution in [2.75, 3.05) is 5.32 Å². The van der Waals surface area contributed by atoms with Crippen molar-refractivity contribution in [1.82, 2.24) is 9.59 Å². The maximum Gasteiger partial charge on any atom is 0.416 e. The summed E-state index contributed by atoms with van der Waals surface area (Å²) in [5.41, 5.74) is -1.66. The van der Waals surface area contributed by atoms with Crippen LogP contribution in [0.4, 0.5) is 18.9 Å². The highest BCUT2D eigenvalue weighted by molar-refractivity contribution is 7.93. The summed E-state index contributed by atoms with van der Waals surface area (Å²) in [6.07, 6.45) is -4.61. The Balaban J connectivity index is 1.91. The van der Waals surface area contributed by atoms with E-state index in [4.69, 9.17) is 23.2 Å². The van der Waals surface area contributed by atoms with Crippen LogP contribution in [0.15, 0.2) is 51.6 Å². The van der Waals surface area contributed by atoms with E-state index < -0.39 is 37.4 Å². The van der Waals surface area contributed by atoms with E-state index in [1.807, 2.05) is 0 Å². The van der Waals surface area contributed by atoms with Gasteiger partial charge >= 0.3 is 6.18 Å². The van der Waals surface area contributed by atoms with Crippen molar-refractivity contribution >= 4 is 56.2 Å². The summed E-state index contributed by atoms with van der Waals surface area (Å²) < 4.78 is 66.8. The lowest BCUT2D eigenvalue weighted by atomic mass is 10.2. The Labute approximate surface area is 176 Å². The number of halogens is 5.